The molecule has 0 saturated carbocycles. The first-order valence-electron chi connectivity index (χ1n) is 6.32. The molecule has 0 aliphatic rings. The zero-order valence-corrected chi connectivity index (χ0v) is 12.6. The Labute approximate surface area is 128 Å². The molecule has 1 N–H and O–H groups in total. The van der Waals surface area contributed by atoms with Gasteiger partial charge in [-0.15, -0.1) is 0 Å². The van der Waals surface area contributed by atoms with Crippen LogP contribution in [0.2, 0.25) is 10.0 Å². The van der Waals surface area contributed by atoms with E-state index in [-0.39, 0.29) is 12.3 Å². The molecule has 2 rings (SSSR count). The summed E-state index contributed by atoms with van der Waals surface area (Å²) in [4.78, 5) is 12.0. The van der Waals surface area contributed by atoms with Gasteiger partial charge in [0.1, 0.15) is 0 Å². The SMILES string of the molecule is Cc1ccccc1CNC(=O)Cc1c(Cl)cccc1Cl. The van der Waals surface area contributed by atoms with E-state index in [1.54, 1.807) is 18.2 Å². The largest absolute Gasteiger partial charge is 0.352 e. The van der Waals surface area contributed by atoms with Crippen LogP contribution in [0.3, 0.4) is 0 Å². The maximum Gasteiger partial charge on any atom is 0.224 e. The maximum atomic E-state index is 12.0. The summed E-state index contributed by atoms with van der Waals surface area (Å²) in [7, 11) is 0. The van der Waals surface area contributed by atoms with Gasteiger partial charge >= 0.3 is 0 Å². The molecular weight excluding hydrogens is 293 g/mol. The van der Waals surface area contributed by atoms with Gasteiger partial charge in [0, 0.05) is 16.6 Å². The molecule has 2 nitrogen and oxygen atoms in total. The molecule has 2 aromatic carbocycles. The summed E-state index contributed by atoms with van der Waals surface area (Å²) >= 11 is 12.1. The standard InChI is InChI=1S/C16H15Cl2NO/c1-11-5-2-3-6-12(11)10-19-16(20)9-13-14(17)7-4-8-15(13)18/h2-8H,9-10H2,1H3,(H,19,20). The second-order valence-electron chi connectivity index (χ2n) is 4.58. The summed E-state index contributed by atoms with van der Waals surface area (Å²) < 4.78 is 0. The first-order chi connectivity index (χ1) is 9.58. The second-order valence-corrected chi connectivity index (χ2v) is 5.39. The summed E-state index contributed by atoms with van der Waals surface area (Å²) in [6.45, 7) is 2.53. The number of amides is 1. The lowest BCUT2D eigenvalue weighted by molar-refractivity contribution is -0.120. The molecule has 0 unspecified atom stereocenters. The van der Waals surface area contributed by atoms with E-state index in [0.29, 0.717) is 22.2 Å². The van der Waals surface area contributed by atoms with Crippen LogP contribution in [-0.2, 0) is 17.8 Å². The van der Waals surface area contributed by atoms with Gasteiger partial charge in [-0.1, -0.05) is 53.5 Å². The minimum atomic E-state index is -0.0942. The first kappa shape index (κ1) is 14.9. The number of carbonyl (C=O) groups is 1. The van der Waals surface area contributed by atoms with Crippen molar-refractivity contribution in [1.82, 2.24) is 5.32 Å². The molecule has 0 aliphatic heterocycles. The van der Waals surface area contributed by atoms with Crippen molar-refractivity contribution in [2.75, 3.05) is 0 Å². The molecule has 0 aromatic heterocycles. The van der Waals surface area contributed by atoms with Gasteiger partial charge in [-0.3, -0.25) is 4.79 Å². The number of carbonyl (C=O) groups excluding carboxylic acids is 1. The molecule has 0 spiro atoms. The topological polar surface area (TPSA) is 29.1 Å². The number of rotatable bonds is 4. The van der Waals surface area contributed by atoms with Crippen LogP contribution in [0.1, 0.15) is 16.7 Å². The maximum absolute atomic E-state index is 12.0. The molecule has 0 saturated heterocycles. The molecule has 104 valence electrons. The summed E-state index contributed by atoms with van der Waals surface area (Å²) in [6.07, 6.45) is 0.185. The number of aryl methyl sites for hydroxylation is 1. The fourth-order valence-electron chi connectivity index (χ4n) is 1.93. The van der Waals surface area contributed by atoms with Crippen molar-refractivity contribution in [3.8, 4) is 0 Å². The Morgan fingerprint density at radius 1 is 1.05 bits per heavy atom. The van der Waals surface area contributed by atoms with Crippen molar-refractivity contribution in [2.24, 2.45) is 0 Å². The molecule has 0 fully saturated rings. The molecule has 0 aliphatic carbocycles. The second kappa shape index (κ2) is 6.78. The average molecular weight is 308 g/mol. The number of halogens is 2. The predicted octanol–water partition coefficient (Wildman–Crippen LogP) is 4.16. The van der Waals surface area contributed by atoms with Gasteiger partial charge in [-0.25, -0.2) is 0 Å². The first-order valence-corrected chi connectivity index (χ1v) is 7.07. The van der Waals surface area contributed by atoms with Crippen molar-refractivity contribution < 1.29 is 4.79 Å². The summed E-state index contributed by atoms with van der Waals surface area (Å²) in [6, 6.07) is 13.2. The Hall–Kier alpha value is -1.51. The van der Waals surface area contributed by atoms with E-state index in [1.807, 2.05) is 31.2 Å². The van der Waals surface area contributed by atoms with Crippen molar-refractivity contribution in [1.29, 1.82) is 0 Å². The zero-order chi connectivity index (χ0) is 14.5. The quantitative estimate of drug-likeness (QED) is 0.903. The van der Waals surface area contributed by atoms with Crippen LogP contribution in [0.4, 0.5) is 0 Å². The highest BCUT2D eigenvalue weighted by Crippen LogP contribution is 2.24. The van der Waals surface area contributed by atoms with Gasteiger partial charge in [-0.05, 0) is 35.7 Å². The van der Waals surface area contributed by atoms with Gasteiger partial charge in [0.25, 0.3) is 0 Å². The molecule has 0 heterocycles. The van der Waals surface area contributed by atoms with Crippen LogP contribution < -0.4 is 5.32 Å². The third-order valence-corrected chi connectivity index (χ3v) is 3.84. The zero-order valence-electron chi connectivity index (χ0n) is 11.1. The molecule has 0 bridgehead atoms. The number of hydrogen-bond acceptors (Lipinski definition) is 1. The van der Waals surface area contributed by atoms with Gasteiger partial charge in [0.2, 0.25) is 5.91 Å². The fourth-order valence-corrected chi connectivity index (χ4v) is 2.46. The van der Waals surface area contributed by atoms with Crippen molar-refractivity contribution in [3.63, 3.8) is 0 Å². The van der Waals surface area contributed by atoms with E-state index in [1.165, 1.54) is 0 Å². The van der Waals surface area contributed by atoms with Crippen LogP contribution in [0.5, 0.6) is 0 Å². The highest BCUT2D eigenvalue weighted by atomic mass is 35.5. The minimum Gasteiger partial charge on any atom is -0.352 e. The van der Waals surface area contributed by atoms with Crippen LogP contribution in [0.25, 0.3) is 0 Å². The van der Waals surface area contributed by atoms with Crippen LogP contribution in [0.15, 0.2) is 42.5 Å². The van der Waals surface area contributed by atoms with Gasteiger partial charge in [0.15, 0.2) is 0 Å². The van der Waals surface area contributed by atoms with Crippen LogP contribution in [-0.4, -0.2) is 5.91 Å². The third kappa shape index (κ3) is 3.75. The molecule has 4 heteroatoms. The molecule has 2 aromatic rings. The Morgan fingerprint density at radius 2 is 1.70 bits per heavy atom. The Kier molecular flexibility index (Phi) is 5.05. The summed E-state index contributed by atoms with van der Waals surface area (Å²) in [5.74, 6) is -0.0942. The summed E-state index contributed by atoms with van der Waals surface area (Å²) in [5.41, 5.74) is 2.92. The van der Waals surface area contributed by atoms with Crippen molar-refractivity contribution in [2.45, 2.75) is 19.9 Å². The van der Waals surface area contributed by atoms with Gasteiger partial charge in [-0.2, -0.15) is 0 Å². The lowest BCUT2D eigenvalue weighted by Gasteiger charge is -2.09. The third-order valence-electron chi connectivity index (χ3n) is 3.14. The highest BCUT2D eigenvalue weighted by Gasteiger charge is 2.10. The predicted molar refractivity (Wildman–Crippen MR) is 83.2 cm³/mol. The monoisotopic (exact) mass is 307 g/mol. The molecular formula is C16H15Cl2NO. The normalized spacial score (nSPS) is 10.3. The van der Waals surface area contributed by atoms with Crippen molar-refractivity contribution in [3.05, 3.63) is 69.2 Å². The van der Waals surface area contributed by atoms with Gasteiger partial charge < -0.3 is 5.32 Å². The van der Waals surface area contributed by atoms with Crippen LogP contribution >= 0.6 is 23.2 Å². The number of hydrogen-bond donors (Lipinski definition) is 1. The Balaban J connectivity index is 1.98. The molecule has 1 amide bonds. The fraction of sp³-hybridized carbons (Fsp3) is 0.188. The van der Waals surface area contributed by atoms with E-state index < -0.39 is 0 Å². The number of benzene rings is 2. The molecule has 0 atom stereocenters. The van der Waals surface area contributed by atoms with Crippen molar-refractivity contribution >= 4 is 29.1 Å². The summed E-state index contributed by atoms with van der Waals surface area (Å²) in [5, 5.41) is 3.92. The van der Waals surface area contributed by atoms with E-state index in [9.17, 15) is 4.79 Å². The van der Waals surface area contributed by atoms with E-state index in [4.69, 9.17) is 23.2 Å². The van der Waals surface area contributed by atoms with Crippen LogP contribution in [0, 0.1) is 6.92 Å². The highest BCUT2D eigenvalue weighted by molar-refractivity contribution is 6.36. The molecule has 20 heavy (non-hydrogen) atoms. The smallest absolute Gasteiger partial charge is 0.224 e. The average Bonchev–Trinajstić information content (AvgIpc) is 2.42. The lowest BCUT2D eigenvalue weighted by Crippen LogP contribution is -2.25. The molecule has 0 radical (unpaired) electrons. The Bertz CT molecular complexity index is 605. The van der Waals surface area contributed by atoms with Gasteiger partial charge in [0.05, 0.1) is 6.42 Å². The lowest BCUT2D eigenvalue weighted by atomic mass is 10.1. The Morgan fingerprint density at radius 3 is 2.35 bits per heavy atom. The van der Waals surface area contributed by atoms with E-state index in [2.05, 4.69) is 5.32 Å². The number of nitrogens with one attached hydrogen (secondary N) is 1. The van der Waals surface area contributed by atoms with E-state index in [0.717, 1.165) is 11.1 Å². The van der Waals surface area contributed by atoms with E-state index >= 15 is 0 Å². The minimum absolute atomic E-state index is 0.0942.